The van der Waals surface area contributed by atoms with Gasteiger partial charge in [-0.2, -0.15) is 0 Å². The van der Waals surface area contributed by atoms with Crippen molar-refractivity contribution in [2.24, 2.45) is 0 Å². The summed E-state index contributed by atoms with van der Waals surface area (Å²) < 4.78 is 0. The molecule has 1 amide bonds. The normalized spacial score (nSPS) is 14.8. The maximum Gasteiger partial charge on any atom is 0.230 e. The van der Waals surface area contributed by atoms with E-state index in [1.165, 1.54) is 16.7 Å². The predicted molar refractivity (Wildman–Crippen MR) is 81.8 cm³/mol. The lowest BCUT2D eigenvalue weighted by atomic mass is 10.0. The van der Waals surface area contributed by atoms with E-state index in [0.717, 1.165) is 6.42 Å². The average molecular weight is 279 g/mol. The van der Waals surface area contributed by atoms with Gasteiger partial charge in [-0.05, 0) is 23.1 Å². The Hall–Kier alpha value is -2.42. The fraction of sp³-hybridized carbons (Fsp3) is 0.222. The molecule has 2 aromatic carbocycles. The van der Waals surface area contributed by atoms with Crippen molar-refractivity contribution in [2.75, 3.05) is 13.1 Å². The number of likely N-dealkylation sites (tertiary alicyclic amines) is 1. The summed E-state index contributed by atoms with van der Waals surface area (Å²) in [7, 11) is 0. The summed E-state index contributed by atoms with van der Waals surface area (Å²) in [6.45, 7) is 0.899. The molecule has 1 saturated heterocycles. The second-order valence-corrected chi connectivity index (χ2v) is 5.34. The number of rotatable bonds is 4. The maximum atomic E-state index is 11.6. The second-order valence-electron chi connectivity index (χ2n) is 5.34. The van der Waals surface area contributed by atoms with Crippen LogP contribution in [0.15, 0.2) is 54.6 Å². The largest absolute Gasteiger partial charge is 0.335 e. The minimum Gasteiger partial charge on any atom is -0.335 e. The van der Waals surface area contributed by atoms with Crippen LogP contribution < -0.4 is 0 Å². The number of amides is 1. The molecular formula is C18H17NO2. The molecule has 106 valence electrons. The average Bonchev–Trinajstić information content (AvgIpc) is 2.84. The van der Waals surface area contributed by atoms with Gasteiger partial charge in [-0.1, -0.05) is 54.6 Å². The highest BCUT2D eigenvalue weighted by molar-refractivity contribution is 6.05. The standard InChI is InChI=1S/C18H17NO2/c20-17-12-18(21)19(13-17)11-10-14-6-8-16(9-7-14)15-4-2-1-3-5-15/h1-9H,10-13H2. The van der Waals surface area contributed by atoms with Crippen LogP contribution in [0.4, 0.5) is 0 Å². The molecule has 0 N–H and O–H groups in total. The van der Waals surface area contributed by atoms with Crippen LogP contribution in [0.2, 0.25) is 0 Å². The molecule has 3 nitrogen and oxygen atoms in total. The Morgan fingerprint density at radius 3 is 2.14 bits per heavy atom. The minimum absolute atomic E-state index is 0.0272. The highest BCUT2D eigenvalue weighted by Crippen LogP contribution is 2.19. The third kappa shape index (κ3) is 3.19. The first-order valence-corrected chi connectivity index (χ1v) is 7.16. The van der Waals surface area contributed by atoms with E-state index in [4.69, 9.17) is 0 Å². The summed E-state index contributed by atoms with van der Waals surface area (Å²) in [6.07, 6.45) is 0.862. The first-order chi connectivity index (χ1) is 10.2. The summed E-state index contributed by atoms with van der Waals surface area (Å²) in [5.41, 5.74) is 3.57. The van der Waals surface area contributed by atoms with Crippen molar-refractivity contribution in [3.63, 3.8) is 0 Å². The molecule has 0 radical (unpaired) electrons. The Morgan fingerprint density at radius 1 is 0.857 bits per heavy atom. The second kappa shape index (κ2) is 5.92. The van der Waals surface area contributed by atoms with Crippen molar-refractivity contribution in [1.82, 2.24) is 4.90 Å². The van der Waals surface area contributed by atoms with Gasteiger partial charge < -0.3 is 4.90 Å². The summed E-state index contributed by atoms with van der Waals surface area (Å²) in [6, 6.07) is 18.6. The molecule has 0 bridgehead atoms. The molecule has 0 aromatic heterocycles. The fourth-order valence-corrected chi connectivity index (χ4v) is 2.60. The highest BCUT2D eigenvalue weighted by atomic mass is 16.2. The van der Waals surface area contributed by atoms with E-state index in [-0.39, 0.29) is 24.7 Å². The number of hydrogen-bond donors (Lipinski definition) is 0. The van der Waals surface area contributed by atoms with E-state index in [2.05, 4.69) is 36.4 Å². The van der Waals surface area contributed by atoms with Gasteiger partial charge in [-0.15, -0.1) is 0 Å². The van der Waals surface area contributed by atoms with E-state index < -0.39 is 0 Å². The molecule has 2 aromatic rings. The van der Waals surface area contributed by atoms with Crippen LogP contribution in [0.3, 0.4) is 0 Å². The lowest BCUT2D eigenvalue weighted by molar-refractivity contribution is -0.127. The molecule has 3 heteroatoms. The number of benzene rings is 2. The van der Waals surface area contributed by atoms with E-state index >= 15 is 0 Å². The third-order valence-corrected chi connectivity index (χ3v) is 3.80. The molecule has 21 heavy (non-hydrogen) atoms. The van der Waals surface area contributed by atoms with Crippen LogP contribution in [0.5, 0.6) is 0 Å². The number of carbonyl (C=O) groups is 2. The molecule has 1 aliphatic heterocycles. The summed E-state index contributed by atoms with van der Waals surface area (Å²) >= 11 is 0. The summed E-state index contributed by atoms with van der Waals surface area (Å²) in [4.78, 5) is 24.4. The minimum atomic E-state index is -0.0408. The zero-order valence-corrected chi connectivity index (χ0v) is 11.8. The SMILES string of the molecule is O=C1CC(=O)N(CCc2ccc(-c3ccccc3)cc2)C1. The van der Waals surface area contributed by atoms with Gasteiger partial charge in [0.1, 0.15) is 0 Å². The van der Waals surface area contributed by atoms with E-state index in [0.29, 0.717) is 6.54 Å². The van der Waals surface area contributed by atoms with Gasteiger partial charge in [0.15, 0.2) is 5.78 Å². The quantitative estimate of drug-likeness (QED) is 0.807. The Bertz CT molecular complexity index is 647. The number of Topliss-reactive ketones (excluding diaryl/α,β-unsaturated/α-hetero) is 1. The molecule has 1 aliphatic rings. The lowest BCUT2D eigenvalue weighted by Crippen LogP contribution is -2.27. The topological polar surface area (TPSA) is 37.4 Å². The zero-order valence-electron chi connectivity index (χ0n) is 11.8. The maximum absolute atomic E-state index is 11.6. The first-order valence-electron chi connectivity index (χ1n) is 7.16. The first kappa shape index (κ1) is 13.6. The van der Waals surface area contributed by atoms with Crippen LogP contribution >= 0.6 is 0 Å². The van der Waals surface area contributed by atoms with Crippen molar-refractivity contribution < 1.29 is 9.59 Å². The number of hydrogen-bond acceptors (Lipinski definition) is 2. The van der Waals surface area contributed by atoms with Gasteiger partial charge in [-0.25, -0.2) is 0 Å². The van der Waals surface area contributed by atoms with Gasteiger partial charge >= 0.3 is 0 Å². The van der Waals surface area contributed by atoms with Gasteiger partial charge in [0, 0.05) is 6.54 Å². The van der Waals surface area contributed by atoms with Gasteiger partial charge in [0.05, 0.1) is 13.0 Å². The third-order valence-electron chi connectivity index (χ3n) is 3.80. The summed E-state index contributed by atoms with van der Waals surface area (Å²) in [5, 5.41) is 0. The number of ketones is 1. The Balaban J connectivity index is 1.63. The lowest BCUT2D eigenvalue weighted by Gasteiger charge is -2.14. The van der Waals surface area contributed by atoms with Gasteiger partial charge in [0.2, 0.25) is 5.91 Å². The number of carbonyl (C=O) groups excluding carboxylic acids is 2. The molecular weight excluding hydrogens is 262 g/mol. The molecule has 0 unspecified atom stereocenters. The molecule has 1 heterocycles. The van der Waals surface area contributed by atoms with Gasteiger partial charge in [-0.3, -0.25) is 9.59 Å². The van der Waals surface area contributed by atoms with Crippen molar-refractivity contribution in [3.05, 3.63) is 60.2 Å². The van der Waals surface area contributed by atoms with E-state index in [1.54, 1.807) is 4.90 Å². The van der Waals surface area contributed by atoms with Crippen molar-refractivity contribution >= 4 is 11.7 Å². The molecule has 3 rings (SSSR count). The van der Waals surface area contributed by atoms with Gasteiger partial charge in [0.25, 0.3) is 0 Å². The fourth-order valence-electron chi connectivity index (χ4n) is 2.60. The summed E-state index contributed by atoms with van der Waals surface area (Å²) in [5.74, 6) is -0.0136. The smallest absolute Gasteiger partial charge is 0.230 e. The molecule has 0 spiro atoms. The highest BCUT2D eigenvalue weighted by Gasteiger charge is 2.26. The Kier molecular flexibility index (Phi) is 3.82. The zero-order chi connectivity index (χ0) is 14.7. The van der Waals surface area contributed by atoms with E-state index in [9.17, 15) is 9.59 Å². The molecule has 0 atom stereocenters. The van der Waals surface area contributed by atoms with Crippen molar-refractivity contribution in [1.29, 1.82) is 0 Å². The number of nitrogens with zero attached hydrogens (tertiary/aromatic N) is 1. The molecule has 0 saturated carbocycles. The van der Waals surface area contributed by atoms with Crippen LogP contribution in [0.1, 0.15) is 12.0 Å². The molecule has 1 fully saturated rings. The van der Waals surface area contributed by atoms with Crippen LogP contribution in [-0.4, -0.2) is 29.7 Å². The molecule has 0 aliphatic carbocycles. The van der Waals surface area contributed by atoms with Crippen LogP contribution in [0, 0.1) is 0 Å². The van der Waals surface area contributed by atoms with Crippen molar-refractivity contribution in [3.8, 4) is 11.1 Å². The van der Waals surface area contributed by atoms with Crippen LogP contribution in [0.25, 0.3) is 11.1 Å². The van der Waals surface area contributed by atoms with E-state index in [1.807, 2.05) is 18.2 Å². The Labute approximate surface area is 124 Å². The van der Waals surface area contributed by atoms with Crippen LogP contribution in [-0.2, 0) is 16.0 Å². The van der Waals surface area contributed by atoms with Crippen molar-refractivity contribution in [2.45, 2.75) is 12.8 Å². The monoisotopic (exact) mass is 279 g/mol. The Morgan fingerprint density at radius 2 is 1.52 bits per heavy atom. The predicted octanol–water partition coefficient (Wildman–Crippen LogP) is 2.70.